The van der Waals surface area contributed by atoms with E-state index < -0.39 is 181 Å². The highest BCUT2D eigenvalue weighted by Gasteiger charge is 2.44. The van der Waals surface area contributed by atoms with Crippen LogP contribution in [0.4, 0.5) is 13.2 Å². The molecule has 45 heteroatoms. The van der Waals surface area contributed by atoms with Crippen LogP contribution in [0, 0.1) is 5.92 Å². The number of likely N-dealkylation sites (tertiary alicyclic amines) is 3. The molecule has 3 aliphatic rings. The number of nitrogens with one attached hydrogen (secondary N) is 10. The highest BCUT2D eigenvalue weighted by atomic mass is 32.2. The Hall–Kier alpha value is -11.0. The van der Waals surface area contributed by atoms with E-state index in [1.165, 1.54) is 39.0 Å². The van der Waals surface area contributed by atoms with E-state index in [0.29, 0.717) is 49.1 Å². The first kappa shape index (κ1) is 97.4. The number of halogens is 3. The summed E-state index contributed by atoms with van der Waals surface area (Å²) in [5.41, 5.74) is 40.2. The molecule has 41 nitrogen and oxygen atoms in total. The number of hydrogen-bond acceptors (Lipinski definition) is 22. The van der Waals surface area contributed by atoms with Gasteiger partial charge >= 0.3 is 18.1 Å². The number of rotatable bonds is 47. The number of primary amides is 1. The van der Waals surface area contributed by atoms with Gasteiger partial charge in [-0.1, -0.05) is 44.2 Å². The minimum Gasteiger partial charge on any atom is -0.480 e. The minimum absolute atomic E-state index is 0.00202. The van der Waals surface area contributed by atoms with Gasteiger partial charge in [0.1, 0.15) is 66.5 Å². The second-order valence-corrected chi connectivity index (χ2v) is 29.3. The molecule has 0 aliphatic carbocycles. The van der Waals surface area contributed by atoms with Crippen molar-refractivity contribution in [3.05, 3.63) is 54.1 Å². The summed E-state index contributed by atoms with van der Waals surface area (Å²) in [6.45, 7) is 2.46. The highest BCUT2D eigenvalue weighted by Crippen LogP contribution is 2.25. The summed E-state index contributed by atoms with van der Waals surface area (Å²) < 4.78 is 31.7. The Morgan fingerprint density at radius 1 is 0.578 bits per heavy atom. The Balaban J connectivity index is 0.00000386. The number of unbranched alkanes of at least 4 members (excludes halogenated alkanes) is 1. The van der Waals surface area contributed by atoms with Crippen LogP contribution in [0.25, 0.3) is 0 Å². The zero-order valence-electron chi connectivity index (χ0n) is 65.1. The molecule has 0 radical (unpaired) electrons. The number of guanidine groups is 2. The van der Waals surface area contributed by atoms with Gasteiger partial charge < -0.3 is 123 Å². The fourth-order valence-corrected chi connectivity index (χ4v) is 13.4. The third kappa shape index (κ3) is 33.5. The smallest absolute Gasteiger partial charge is 0.480 e. The maximum absolute atomic E-state index is 14.5. The second-order valence-electron chi connectivity index (χ2n) is 28.3. The summed E-state index contributed by atoms with van der Waals surface area (Å²) in [5.74, 6) is -14.4. The van der Waals surface area contributed by atoms with Crippen molar-refractivity contribution in [2.75, 3.05) is 64.4 Å². The number of H-pyrrole nitrogens is 1. The van der Waals surface area contributed by atoms with Crippen molar-refractivity contribution in [2.45, 2.75) is 215 Å². The summed E-state index contributed by atoms with van der Waals surface area (Å²) in [7, 11) is 0. The zero-order valence-corrected chi connectivity index (χ0v) is 65.9. The summed E-state index contributed by atoms with van der Waals surface area (Å²) in [6, 6.07) is -6.85. The summed E-state index contributed by atoms with van der Waals surface area (Å²) in [4.78, 5) is 221. The molecule has 13 amide bonds. The summed E-state index contributed by atoms with van der Waals surface area (Å²) >= 11 is 1.42. The van der Waals surface area contributed by atoms with Crippen molar-refractivity contribution in [3.8, 4) is 0 Å². The largest absolute Gasteiger partial charge is 0.490 e. The van der Waals surface area contributed by atoms with Gasteiger partial charge in [-0.15, -0.1) is 0 Å². The number of amides is 13. The SMILES string of the molecule is CSCC[C@H](NC(=O)C1CCCN1C(=O)CNC(=O)[C@H](CCCCN)NC(=O)[C@H](Cc1cnc[nH]1)NC(=O)[C@H](CO)NC(=O)[C@H](CC(C)C)NC(=O)[C@H](CCCN=C(N)N)NC(=O)[C@@H]1CCCN1C(=O)[C@H](CCCN=C(N)N)NC(=O)[C@@H](N)CCC(N)=O)C(=O)N1CCC[C@H]1C(=O)N[C@@H](Cc1ccccc1)C(=O)O.O=C(O)C(F)(F)F. The molecule has 3 fully saturated rings. The van der Waals surface area contributed by atoms with E-state index in [4.69, 9.17) is 50.0 Å². The van der Waals surface area contributed by atoms with Crippen LogP contribution in [0.3, 0.4) is 0 Å². The van der Waals surface area contributed by atoms with Crippen molar-refractivity contribution in [1.82, 2.24) is 72.5 Å². The molecule has 1 aromatic carbocycles. The van der Waals surface area contributed by atoms with Gasteiger partial charge in [-0.05, 0) is 133 Å². The molecule has 27 N–H and O–H groups in total. The van der Waals surface area contributed by atoms with Crippen LogP contribution in [0.2, 0.25) is 0 Å². The first-order chi connectivity index (χ1) is 54.9. The maximum Gasteiger partial charge on any atom is 0.490 e. The molecule has 3 aliphatic heterocycles. The number of carbonyl (C=O) groups excluding carboxylic acids is 13. The fraction of sp³-hybridized carbons (Fsp3) is 0.634. The van der Waals surface area contributed by atoms with Crippen LogP contribution in [-0.2, 0) is 84.8 Å². The number of aliphatic carboxylic acids is 2. The first-order valence-electron chi connectivity index (χ1n) is 38.0. The summed E-state index contributed by atoms with van der Waals surface area (Å²) in [6.07, 6.45) is 1.61. The number of benzene rings is 1. The number of thioether (sulfide) groups is 1. The van der Waals surface area contributed by atoms with Crippen molar-refractivity contribution < 1.29 is 100 Å². The molecule has 1 unspecified atom stereocenters. The highest BCUT2D eigenvalue weighted by molar-refractivity contribution is 7.98. The van der Waals surface area contributed by atoms with E-state index in [1.54, 1.807) is 44.2 Å². The molecule has 0 saturated carbocycles. The topological polar surface area (TPSA) is 670 Å². The van der Waals surface area contributed by atoms with Crippen LogP contribution in [0.5, 0.6) is 0 Å². The average molecular weight is 1660 g/mol. The normalized spacial score (nSPS) is 17.4. The van der Waals surface area contributed by atoms with Crippen LogP contribution in [0.15, 0.2) is 52.8 Å². The molecule has 4 heterocycles. The number of carbonyl (C=O) groups is 15. The van der Waals surface area contributed by atoms with Gasteiger partial charge in [-0.3, -0.25) is 72.3 Å². The van der Waals surface area contributed by atoms with E-state index in [2.05, 4.69) is 67.8 Å². The molecule has 116 heavy (non-hydrogen) atoms. The Bertz CT molecular complexity index is 3690. The van der Waals surface area contributed by atoms with Crippen LogP contribution < -0.4 is 88.0 Å². The van der Waals surface area contributed by atoms with E-state index >= 15 is 0 Å². The van der Waals surface area contributed by atoms with Crippen molar-refractivity contribution in [2.24, 2.45) is 56.0 Å². The Kier molecular flexibility index (Phi) is 41.8. The predicted octanol–water partition coefficient (Wildman–Crippen LogP) is -5.50. The molecule has 1 aromatic heterocycles. The minimum atomic E-state index is -5.08. The molecule has 2 aromatic rings. The van der Waals surface area contributed by atoms with Gasteiger partial charge in [0.15, 0.2) is 11.9 Å². The Morgan fingerprint density at radius 2 is 1.03 bits per heavy atom. The standard InChI is InChI=1S/C69H111N23O16S.C2HF3O2/c1-39(2)32-47(86-58(98)44(17-9-26-78-68(73)74)83-63(103)52-20-12-29-91(52)65(105)45(18-10-27-79-69(75)76)84-56(96)42(71)22-23-54(72)94)59(99)89-50(37-93)61(101)87-48(34-41-35-77-38-81-41)60(100)82-43(16-7-8-25-70)57(97)80-36-55(95)90-28-11-19-51(90)62(102)85-46(24-31-109-3)66(106)92-30-13-21-53(92)64(104)88-49(67(107)108)33-40-14-5-4-6-15-40;3-2(4,5)1(6)7/h4-6,14-15,35,38-39,42-53,93H,7-13,16-34,36-37,70-71H2,1-3H3,(H2,72,94)(H,77,81)(H,80,97)(H,82,100)(H,83,103)(H,84,96)(H,85,102)(H,86,98)(H,87,101)(H,88,104)(H,89,99)(H,107,108)(H4,73,74,78)(H4,75,76,79);(H,6,7)/t42-,43-,44-,45-,46-,47-,48-,49-,50-,51?,52-,53-;/m0./s1. The van der Waals surface area contributed by atoms with Gasteiger partial charge in [-0.2, -0.15) is 24.9 Å². The number of aliphatic imine (C=N–C) groups is 2. The van der Waals surface area contributed by atoms with Gasteiger partial charge in [0.25, 0.3) is 0 Å². The lowest BCUT2D eigenvalue weighted by atomic mass is 10.0. The lowest BCUT2D eigenvalue weighted by molar-refractivity contribution is -0.192. The lowest BCUT2D eigenvalue weighted by Crippen LogP contribution is -2.61. The Morgan fingerprint density at radius 3 is 1.53 bits per heavy atom. The van der Waals surface area contributed by atoms with E-state index in [-0.39, 0.29) is 147 Å². The zero-order chi connectivity index (χ0) is 86.4. The number of alkyl halides is 3. The third-order valence-corrected chi connectivity index (χ3v) is 19.5. The van der Waals surface area contributed by atoms with Gasteiger partial charge in [0.2, 0.25) is 76.8 Å². The first-order valence-corrected chi connectivity index (χ1v) is 39.4. The van der Waals surface area contributed by atoms with Crippen molar-refractivity contribution >= 4 is 112 Å². The number of aliphatic hydroxyl groups excluding tert-OH is 1. The van der Waals surface area contributed by atoms with E-state index in [9.17, 15) is 90.5 Å². The fourth-order valence-electron chi connectivity index (χ4n) is 12.9. The van der Waals surface area contributed by atoms with Gasteiger partial charge in [0.05, 0.1) is 25.5 Å². The number of nitrogens with zero attached hydrogens (tertiary/aromatic N) is 6. The number of carboxylic acids is 2. The number of carboxylic acid groups (broad SMARTS) is 2. The van der Waals surface area contributed by atoms with Crippen LogP contribution in [-0.4, -0.2) is 284 Å². The Labute approximate surface area is 671 Å². The van der Waals surface area contributed by atoms with Crippen molar-refractivity contribution in [1.29, 1.82) is 0 Å². The number of aliphatic hydroxyl groups is 1. The lowest BCUT2D eigenvalue weighted by Gasteiger charge is -2.31. The quantitative estimate of drug-likeness (QED) is 0.0167. The molecule has 0 spiro atoms. The van der Waals surface area contributed by atoms with Gasteiger partial charge in [-0.25, -0.2) is 14.6 Å². The van der Waals surface area contributed by atoms with E-state index in [1.807, 2.05) is 6.26 Å². The molecule has 12 atom stereocenters. The number of aromatic nitrogens is 2. The third-order valence-electron chi connectivity index (χ3n) is 18.9. The molecular formula is C71H112F3N23O18S. The monoisotopic (exact) mass is 1660 g/mol. The summed E-state index contributed by atoms with van der Waals surface area (Å²) in [5, 5.41) is 51.5. The number of imidazole rings is 1. The van der Waals surface area contributed by atoms with Crippen molar-refractivity contribution in [3.63, 3.8) is 0 Å². The number of aromatic amines is 1. The van der Waals surface area contributed by atoms with Crippen LogP contribution >= 0.6 is 11.8 Å². The van der Waals surface area contributed by atoms with Crippen LogP contribution in [0.1, 0.15) is 134 Å². The van der Waals surface area contributed by atoms with E-state index in [0.717, 1.165) is 0 Å². The number of nitrogens with two attached hydrogens (primary N) is 7. The molecule has 646 valence electrons. The molecular weight excluding hydrogens is 1550 g/mol. The molecule has 5 rings (SSSR count). The molecule has 0 bridgehead atoms. The predicted molar refractivity (Wildman–Crippen MR) is 415 cm³/mol. The average Bonchev–Trinajstić information content (AvgIpc) is 1.59. The maximum atomic E-state index is 14.5. The molecule has 3 saturated heterocycles. The second kappa shape index (κ2) is 49.7. The number of hydrogen-bond donors (Lipinski definition) is 20. The van der Waals surface area contributed by atoms with Gasteiger partial charge in [0, 0.05) is 63.9 Å².